The molecular formula is C15H15F3N2S. The summed E-state index contributed by atoms with van der Waals surface area (Å²) in [4.78, 5) is 5.22. The molecule has 0 amide bonds. The zero-order valence-electron chi connectivity index (χ0n) is 11.7. The van der Waals surface area contributed by atoms with Gasteiger partial charge in [0.15, 0.2) is 0 Å². The Balaban J connectivity index is 2.11. The fourth-order valence-electron chi connectivity index (χ4n) is 2.85. The molecule has 1 aliphatic carbocycles. The van der Waals surface area contributed by atoms with Crippen molar-refractivity contribution in [3.8, 4) is 10.6 Å². The van der Waals surface area contributed by atoms with E-state index < -0.39 is 17.5 Å². The Morgan fingerprint density at radius 2 is 1.86 bits per heavy atom. The number of halogens is 3. The largest absolute Gasteiger partial charge is 0.323 e. The Morgan fingerprint density at radius 1 is 1.24 bits per heavy atom. The van der Waals surface area contributed by atoms with Crippen molar-refractivity contribution < 1.29 is 13.2 Å². The lowest BCUT2D eigenvalue weighted by molar-refractivity contribution is 0.282. The van der Waals surface area contributed by atoms with Crippen molar-refractivity contribution in [2.45, 2.75) is 32.7 Å². The van der Waals surface area contributed by atoms with Gasteiger partial charge in [0.2, 0.25) is 0 Å². The number of rotatable bonds is 1. The minimum atomic E-state index is -0.938. The Morgan fingerprint density at radius 3 is 2.48 bits per heavy atom. The Bertz CT molecular complexity index is 686. The van der Waals surface area contributed by atoms with Gasteiger partial charge in [0.1, 0.15) is 22.5 Å². The molecule has 21 heavy (non-hydrogen) atoms. The van der Waals surface area contributed by atoms with E-state index >= 15 is 0 Å². The van der Waals surface area contributed by atoms with Gasteiger partial charge in [-0.3, -0.25) is 0 Å². The lowest BCUT2D eigenvalue weighted by atomic mass is 9.77. The lowest BCUT2D eigenvalue weighted by Crippen LogP contribution is -2.28. The molecule has 0 aliphatic heterocycles. The number of fused-ring (bicyclic) bond motifs is 1. The highest BCUT2D eigenvalue weighted by molar-refractivity contribution is 7.15. The van der Waals surface area contributed by atoms with Crippen molar-refractivity contribution in [2.75, 3.05) is 0 Å². The van der Waals surface area contributed by atoms with Gasteiger partial charge in [-0.2, -0.15) is 0 Å². The number of benzene rings is 1. The van der Waals surface area contributed by atoms with Crippen LogP contribution in [0.2, 0.25) is 0 Å². The molecule has 2 N–H and O–H groups in total. The molecule has 0 saturated carbocycles. The van der Waals surface area contributed by atoms with Crippen molar-refractivity contribution in [3.05, 3.63) is 40.2 Å². The summed E-state index contributed by atoms with van der Waals surface area (Å²) in [7, 11) is 0. The molecule has 6 heteroatoms. The van der Waals surface area contributed by atoms with E-state index in [1.807, 2.05) is 0 Å². The monoisotopic (exact) mass is 312 g/mol. The molecular weight excluding hydrogens is 297 g/mol. The summed E-state index contributed by atoms with van der Waals surface area (Å²) in [6.45, 7) is 4.18. The maximum absolute atomic E-state index is 13.9. The highest BCUT2D eigenvalue weighted by Gasteiger charge is 2.34. The van der Waals surface area contributed by atoms with Crippen molar-refractivity contribution in [2.24, 2.45) is 11.1 Å². The van der Waals surface area contributed by atoms with Crippen LogP contribution in [-0.4, -0.2) is 4.98 Å². The van der Waals surface area contributed by atoms with Crippen LogP contribution in [0.5, 0.6) is 0 Å². The molecule has 0 bridgehead atoms. The van der Waals surface area contributed by atoms with Crippen LogP contribution in [0.25, 0.3) is 10.6 Å². The van der Waals surface area contributed by atoms with Gasteiger partial charge in [0.25, 0.3) is 0 Å². The second-order valence-corrected chi connectivity index (χ2v) is 7.26. The second kappa shape index (κ2) is 4.81. The standard InChI is InChI=1S/C15H15F3N2S/c1-15(2)5-10(19)13-11(6-15)20-14(21-13)12-8(17)3-7(16)4-9(12)18/h3-4,10H,5-6,19H2,1-2H3. The molecule has 2 aromatic rings. The van der Waals surface area contributed by atoms with Crippen molar-refractivity contribution in [1.82, 2.24) is 4.98 Å². The molecule has 0 saturated heterocycles. The van der Waals surface area contributed by atoms with E-state index in [0.717, 1.165) is 23.4 Å². The van der Waals surface area contributed by atoms with Gasteiger partial charge >= 0.3 is 0 Å². The van der Waals surface area contributed by atoms with Crippen LogP contribution in [0.1, 0.15) is 36.9 Å². The third-order valence-corrected chi connectivity index (χ3v) is 4.95. The summed E-state index contributed by atoms with van der Waals surface area (Å²) in [6.07, 6.45) is 1.52. The Hall–Kier alpha value is -1.40. The minimum Gasteiger partial charge on any atom is -0.323 e. The summed E-state index contributed by atoms with van der Waals surface area (Å²) in [5.74, 6) is -2.81. The van der Waals surface area contributed by atoms with E-state index in [1.165, 1.54) is 11.3 Å². The predicted octanol–water partition coefficient (Wildman–Crippen LogP) is 4.20. The zero-order valence-corrected chi connectivity index (χ0v) is 12.5. The van der Waals surface area contributed by atoms with Gasteiger partial charge in [-0.1, -0.05) is 13.8 Å². The van der Waals surface area contributed by atoms with Crippen LogP contribution in [0.15, 0.2) is 12.1 Å². The first-order chi connectivity index (χ1) is 9.77. The van der Waals surface area contributed by atoms with E-state index in [2.05, 4.69) is 18.8 Å². The van der Waals surface area contributed by atoms with Crippen molar-refractivity contribution in [1.29, 1.82) is 0 Å². The fourth-order valence-corrected chi connectivity index (χ4v) is 3.98. The van der Waals surface area contributed by atoms with Crippen LogP contribution >= 0.6 is 11.3 Å². The first-order valence-corrected chi connectivity index (χ1v) is 7.48. The van der Waals surface area contributed by atoms with Gasteiger partial charge in [-0.15, -0.1) is 11.3 Å². The number of thiazole rings is 1. The maximum atomic E-state index is 13.9. The van der Waals surface area contributed by atoms with Crippen LogP contribution < -0.4 is 5.73 Å². The Kier molecular flexibility index (Phi) is 3.33. The smallest absolute Gasteiger partial charge is 0.139 e. The average Bonchev–Trinajstić information content (AvgIpc) is 2.69. The molecule has 0 fully saturated rings. The predicted molar refractivity (Wildman–Crippen MR) is 76.5 cm³/mol. The molecule has 112 valence electrons. The van der Waals surface area contributed by atoms with E-state index in [4.69, 9.17) is 5.73 Å². The molecule has 1 aromatic heterocycles. The zero-order chi connectivity index (χ0) is 15.4. The summed E-state index contributed by atoms with van der Waals surface area (Å²) in [5.41, 5.74) is 6.66. The normalized spacial score (nSPS) is 20.4. The average molecular weight is 312 g/mol. The molecule has 3 rings (SSSR count). The van der Waals surface area contributed by atoms with Crippen LogP contribution in [0.3, 0.4) is 0 Å². The van der Waals surface area contributed by atoms with Crippen molar-refractivity contribution >= 4 is 11.3 Å². The topological polar surface area (TPSA) is 38.9 Å². The van der Waals surface area contributed by atoms with Gasteiger partial charge in [-0.05, 0) is 18.3 Å². The highest BCUT2D eigenvalue weighted by atomic mass is 32.1. The Labute approximate surface area is 124 Å². The molecule has 1 aromatic carbocycles. The molecule has 1 heterocycles. The minimum absolute atomic E-state index is 0.0116. The highest BCUT2D eigenvalue weighted by Crippen LogP contribution is 2.44. The van der Waals surface area contributed by atoms with Crippen LogP contribution in [0.4, 0.5) is 13.2 Å². The van der Waals surface area contributed by atoms with Gasteiger partial charge < -0.3 is 5.73 Å². The van der Waals surface area contributed by atoms with Crippen molar-refractivity contribution in [3.63, 3.8) is 0 Å². The number of aromatic nitrogens is 1. The molecule has 0 spiro atoms. The van der Waals surface area contributed by atoms with E-state index in [-0.39, 0.29) is 22.0 Å². The number of nitrogens with zero attached hydrogens (tertiary/aromatic N) is 1. The second-order valence-electron chi connectivity index (χ2n) is 6.23. The van der Waals surface area contributed by atoms with E-state index in [9.17, 15) is 13.2 Å². The quantitative estimate of drug-likeness (QED) is 0.857. The van der Waals surface area contributed by atoms with Gasteiger partial charge in [0.05, 0.1) is 11.3 Å². The maximum Gasteiger partial charge on any atom is 0.139 e. The van der Waals surface area contributed by atoms with Gasteiger partial charge in [0, 0.05) is 23.1 Å². The fraction of sp³-hybridized carbons (Fsp3) is 0.400. The molecule has 1 aliphatic rings. The summed E-state index contributed by atoms with van der Waals surface area (Å²) >= 11 is 1.19. The SMILES string of the molecule is CC1(C)Cc2nc(-c3c(F)cc(F)cc3F)sc2C(N)C1. The molecule has 1 unspecified atom stereocenters. The summed E-state index contributed by atoms with van der Waals surface area (Å²) < 4.78 is 40.7. The van der Waals surface area contributed by atoms with Crippen LogP contribution in [0, 0.1) is 22.9 Å². The number of hydrogen-bond donors (Lipinski definition) is 1. The number of hydrogen-bond acceptors (Lipinski definition) is 3. The third-order valence-electron chi connectivity index (χ3n) is 3.70. The first-order valence-electron chi connectivity index (χ1n) is 6.67. The number of nitrogens with two attached hydrogens (primary N) is 1. The summed E-state index contributed by atoms with van der Waals surface area (Å²) in [6, 6.07) is 1.16. The lowest BCUT2D eigenvalue weighted by Gasteiger charge is -2.32. The van der Waals surface area contributed by atoms with E-state index in [1.54, 1.807) is 0 Å². The van der Waals surface area contributed by atoms with Gasteiger partial charge in [-0.25, -0.2) is 18.2 Å². The first kappa shape index (κ1) is 14.5. The molecule has 1 atom stereocenters. The summed E-state index contributed by atoms with van der Waals surface area (Å²) in [5, 5.41) is 0.225. The molecule has 2 nitrogen and oxygen atoms in total. The van der Waals surface area contributed by atoms with Crippen LogP contribution in [-0.2, 0) is 6.42 Å². The van der Waals surface area contributed by atoms with E-state index in [0.29, 0.717) is 12.1 Å². The third kappa shape index (κ3) is 2.58. The molecule has 0 radical (unpaired) electrons.